The molecule has 0 saturated heterocycles. The Hall–Kier alpha value is -0.320. The first kappa shape index (κ1) is 29.9. The van der Waals surface area contributed by atoms with Crippen molar-refractivity contribution in [1.29, 1.82) is 0 Å². The van der Waals surface area contributed by atoms with Gasteiger partial charge in [-0.15, -0.1) is 0 Å². The van der Waals surface area contributed by atoms with Crippen molar-refractivity contribution in [3.63, 3.8) is 0 Å². The summed E-state index contributed by atoms with van der Waals surface area (Å²) in [5.41, 5.74) is 2.40. The lowest BCUT2D eigenvalue weighted by molar-refractivity contribution is 0.0277. The standard InChI is InChI=1S/C29H49Cl2NO2/c1-2-3-4-5-6-7-8-9-10-11-12-13-14-15-16-17-18-34-24-27(23-33)32-21-25-19-28(30)29(31)20-26(25)22-32/h19-20,27,33H,2-18,21-24H2,1H3. The van der Waals surface area contributed by atoms with E-state index in [1.165, 1.54) is 107 Å². The van der Waals surface area contributed by atoms with Gasteiger partial charge in [-0.05, 0) is 29.7 Å². The molecule has 0 aromatic heterocycles. The van der Waals surface area contributed by atoms with Gasteiger partial charge in [-0.3, -0.25) is 4.90 Å². The van der Waals surface area contributed by atoms with Gasteiger partial charge in [0.1, 0.15) is 0 Å². The number of fused-ring (bicyclic) bond motifs is 1. The fourth-order valence-electron chi connectivity index (χ4n) is 4.92. The molecule has 0 saturated carbocycles. The van der Waals surface area contributed by atoms with Crippen LogP contribution in [-0.2, 0) is 17.8 Å². The molecule has 0 fully saturated rings. The van der Waals surface area contributed by atoms with Crippen molar-refractivity contribution in [2.75, 3.05) is 19.8 Å². The van der Waals surface area contributed by atoms with Gasteiger partial charge >= 0.3 is 0 Å². The molecule has 1 unspecified atom stereocenters. The van der Waals surface area contributed by atoms with Gasteiger partial charge < -0.3 is 9.84 Å². The first-order valence-electron chi connectivity index (χ1n) is 14.0. The van der Waals surface area contributed by atoms with Crippen LogP contribution in [0.2, 0.25) is 10.0 Å². The Morgan fingerprint density at radius 1 is 0.735 bits per heavy atom. The SMILES string of the molecule is CCCCCCCCCCCCCCCCCCOCC(CO)N1Cc2cc(Cl)c(Cl)cc2C1. The lowest BCUT2D eigenvalue weighted by Crippen LogP contribution is -2.37. The Morgan fingerprint density at radius 2 is 1.15 bits per heavy atom. The van der Waals surface area contributed by atoms with Crippen molar-refractivity contribution in [2.45, 2.75) is 129 Å². The van der Waals surface area contributed by atoms with Crippen LogP contribution in [0.25, 0.3) is 0 Å². The van der Waals surface area contributed by atoms with Crippen molar-refractivity contribution in [2.24, 2.45) is 0 Å². The van der Waals surface area contributed by atoms with Gasteiger partial charge in [0.05, 0.1) is 29.3 Å². The molecule has 0 bridgehead atoms. The minimum atomic E-state index is 0.0195. The number of aliphatic hydroxyl groups excluding tert-OH is 1. The lowest BCUT2D eigenvalue weighted by atomic mass is 10.0. The van der Waals surface area contributed by atoms with Gasteiger partial charge in [-0.1, -0.05) is 126 Å². The fourth-order valence-corrected chi connectivity index (χ4v) is 5.29. The Kier molecular flexibility index (Phi) is 16.6. The number of aliphatic hydroxyl groups is 1. The Bertz CT molecular complexity index is 624. The third-order valence-corrected chi connectivity index (χ3v) is 7.89. The minimum Gasteiger partial charge on any atom is -0.395 e. The predicted molar refractivity (Wildman–Crippen MR) is 147 cm³/mol. The highest BCUT2D eigenvalue weighted by molar-refractivity contribution is 6.42. The van der Waals surface area contributed by atoms with Crippen LogP contribution in [0.1, 0.15) is 121 Å². The van der Waals surface area contributed by atoms with Crippen LogP contribution in [0.4, 0.5) is 0 Å². The Morgan fingerprint density at radius 3 is 1.56 bits per heavy atom. The summed E-state index contributed by atoms with van der Waals surface area (Å²) in [4.78, 5) is 2.25. The third-order valence-electron chi connectivity index (χ3n) is 7.17. The van der Waals surface area contributed by atoms with E-state index in [0.717, 1.165) is 26.1 Å². The largest absolute Gasteiger partial charge is 0.395 e. The molecule has 3 nitrogen and oxygen atoms in total. The van der Waals surface area contributed by atoms with E-state index in [0.29, 0.717) is 16.7 Å². The molecule has 1 atom stereocenters. The van der Waals surface area contributed by atoms with Gasteiger partial charge in [0, 0.05) is 19.7 Å². The normalized spacial score (nSPS) is 14.6. The summed E-state index contributed by atoms with van der Waals surface area (Å²) in [7, 11) is 0. The van der Waals surface area contributed by atoms with Crippen molar-refractivity contribution in [3.8, 4) is 0 Å². The monoisotopic (exact) mass is 513 g/mol. The quantitative estimate of drug-likeness (QED) is 0.166. The molecular weight excluding hydrogens is 465 g/mol. The van der Waals surface area contributed by atoms with Crippen LogP contribution in [0.3, 0.4) is 0 Å². The van der Waals surface area contributed by atoms with Crippen LogP contribution >= 0.6 is 23.2 Å². The summed E-state index contributed by atoms with van der Waals surface area (Å²) in [5, 5.41) is 11.0. The van der Waals surface area contributed by atoms with Crippen molar-refractivity contribution in [3.05, 3.63) is 33.3 Å². The molecular formula is C29H49Cl2NO2. The highest BCUT2D eigenvalue weighted by atomic mass is 35.5. The number of nitrogens with zero attached hydrogens (tertiary/aromatic N) is 1. The van der Waals surface area contributed by atoms with Crippen LogP contribution in [-0.4, -0.2) is 35.9 Å². The van der Waals surface area contributed by atoms with E-state index >= 15 is 0 Å². The second-order valence-corrected chi connectivity index (χ2v) is 11.0. The molecule has 196 valence electrons. The molecule has 1 aliphatic rings. The maximum Gasteiger partial charge on any atom is 0.0644 e. The number of ether oxygens (including phenoxy) is 1. The number of unbranched alkanes of at least 4 members (excludes halogenated alkanes) is 15. The first-order chi connectivity index (χ1) is 16.7. The molecule has 2 rings (SSSR count). The highest BCUT2D eigenvalue weighted by Crippen LogP contribution is 2.32. The summed E-state index contributed by atoms with van der Waals surface area (Å²) in [6.07, 6.45) is 22.1. The molecule has 1 heterocycles. The topological polar surface area (TPSA) is 32.7 Å². The third kappa shape index (κ3) is 12.1. The zero-order valence-electron chi connectivity index (χ0n) is 21.6. The van der Waals surface area contributed by atoms with E-state index in [1.807, 2.05) is 12.1 Å². The van der Waals surface area contributed by atoms with E-state index in [-0.39, 0.29) is 12.6 Å². The summed E-state index contributed by atoms with van der Waals surface area (Å²) >= 11 is 12.3. The summed E-state index contributed by atoms with van der Waals surface area (Å²) in [6.45, 7) is 5.33. The van der Waals surface area contributed by atoms with Crippen molar-refractivity contribution < 1.29 is 9.84 Å². The van der Waals surface area contributed by atoms with Crippen LogP contribution in [0, 0.1) is 0 Å². The zero-order chi connectivity index (χ0) is 24.4. The molecule has 1 N–H and O–H groups in total. The maximum absolute atomic E-state index is 9.84. The maximum atomic E-state index is 9.84. The molecule has 0 spiro atoms. The summed E-state index contributed by atoms with van der Waals surface area (Å²) < 4.78 is 5.91. The minimum absolute atomic E-state index is 0.0195. The average Bonchev–Trinajstić information content (AvgIpc) is 3.23. The number of hydrogen-bond donors (Lipinski definition) is 1. The Labute approximate surface area is 219 Å². The second-order valence-electron chi connectivity index (χ2n) is 10.2. The van der Waals surface area contributed by atoms with Gasteiger partial charge in [0.15, 0.2) is 0 Å². The number of benzene rings is 1. The van der Waals surface area contributed by atoms with Crippen LogP contribution < -0.4 is 0 Å². The molecule has 1 aliphatic heterocycles. The van der Waals surface area contributed by atoms with Crippen molar-refractivity contribution in [1.82, 2.24) is 4.90 Å². The molecule has 1 aromatic rings. The molecule has 0 amide bonds. The summed E-state index contributed by atoms with van der Waals surface area (Å²) in [5.74, 6) is 0. The second kappa shape index (κ2) is 18.9. The van der Waals surface area contributed by atoms with Gasteiger partial charge in [0.25, 0.3) is 0 Å². The molecule has 34 heavy (non-hydrogen) atoms. The predicted octanol–water partition coefficient (Wildman–Crippen LogP) is 8.95. The molecule has 0 aliphatic carbocycles. The van der Waals surface area contributed by atoms with Crippen LogP contribution in [0.5, 0.6) is 0 Å². The van der Waals surface area contributed by atoms with E-state index in [2.05, 4.69) is 11.8 Å². The number of rotatable bonds is 21. The highest BCUT2D eigenvalue weighted by Gasteiger charge is 2.26. The zero-order valence-corrected chi connectivity index (χ0v) is 23.2. The first-order valence-corrected chi connectivity index (χ1v) is 14.8. The van der Waals surface area contributed by atoms with E-state index in [4.69, 9.17) is 27.9 Å². The van der Waals surface area contributed by atoms with Gasteiger partial charge in [0.2, 0.25) is 0 Å². The molecule has 5 heteroatoms. The smallest absolute Gasteiger partial charge is 0.0644 e. The van der Waals surface area contributed by atoms with Gasteiger partial charge in [-0.25, -0.2) is 0 Å². The average molecular weight is 515 g/mol. The number of halogens is 2. The number of hydrogen-bond acceptors (Lipinski definition) is 3. The van der Waals surface area contributed by atoms with Gasteiger partial charge in [-0.2, -0.15) is 0 Å². The summed E-state index contributed by atoms with van der Waals surface area (Å²) in [6, 6.07) is 3.92. The molecule has 1 aromatic carbocycles. The fraction of sp³-hybridized carbons (Fsp3) is 0.793. The van der Waals surface area contributed by atoms with E-state index in [1.54, 1.807) is 0 Å². The van der Waals surface area contributed by atoms with E-state index < -0.39 is 0 Å². The lowest BCUT2D eigenvalue weighted by Gasteiger charge is -2.25. The Balaban J connectivity index is 1.37. The van der Waals surface area contributed by atoms with Crippen LogP contribution in [0.15, 0.2) is 12.1 Å². The van der Waals surface area contributed by atoms with Crippen molar-refractivity contribution >= 4 is 23.2 Å². The van der Waals surface area contributed by atoms with E-state index in [9.17, 15) is 5.11 Å². The molecule has 0 radical (unpaired) electrons.